The van der Waals surface area contributed by atoms with Crippen molar-refractivity contribution < 1.29 is 9.18 Å². The van der Waals surface area contributed by atoms with Gasteiger partial charge >= 0.3 is 0 Å². The first-order chi connectivity index (χ1) is 16.2. The molecule has 3 fully saturated rings. The molecule has 4 heterocycles. The van der Waals surface area contributed by atoms with Crippen LogP contribution in [-0.2, 0) is 4.79 Å². The summed E-state index contributed by atoms with van der Waals surface area (Å²) in [7, 11) is 0. The molecule has 1 aromatic carbocycles. The zero-order valence-corrected chi connectivity index (χ0v) is 19.3. The Balaban J connectivity index is 1.20. The van der Waals surface area contributed by atoms with Crippen LogP contribution in [0.25, 0.3) is 11.4 Å². The normalized spacial score (nSPS) is 23.0. The van der Waals surface area contributed by atoms with E-state index < -0.39 is 0 Å². The van der Waals surface area contributed by atoms with Crippen molar-refractivity contribution in [3.05, 3.63) is 42.3 Å². The molecule has 6 nitrogen and oxygen atoms in total. The van der Waals surface area contributed by atoms with E-state index in [9.17, 15) is 9.18 Å². The molecule has 3 aliphatic rings. The first-order valence-corrected chi connectivity index (χ1v) is 12.5. The number of hydrogen-bond acceptors (Lipinski definition) is 5. The van der Waals surface area contributed by atoms with Crippen molar-refractivity contribution >= 4 is 11.7 Å². The standard InChI is InChI=1S/C26H34FN5O/c27-22-8-4-6-20(18-22)25-28-12-9-24(29-25)32-15-5-7-21(19-32)26(33)31-16-10-23(11-17-31)30-13-2-1-3-14-30/h4,6,8-9,12,18,21,23H,1-3,5,7,10-11,13-17,19H2. The molecule has 1 atom stereocenters. The Morgan fingerprint density at radius 1 is 0.939 bits per heavy atom. The Kier molecular flexibility index (Phi) is 6.85. The molecule has 0 N–H and O–H groups in total. The maximum absolute atomic E-state index is 13.6. The fraction of sp³-hybridized carbons (Fsp3) is 0.577. The monoisotopic (exact) mass is 451 g/mol. The van der Waals surface area contributed by atoms with Gasteiger partial charge in [0, 0.05) is 44.0 Å². The predicted octanol–water partition coefficient (Wildman–Crippen LogP) is 3.98. The van der Waals surface area contributed by atoms with Gasteiger partial charge in [0.25, 0.3) is 0 Å². The summed E-state index contributed by atoms with van der Waals surface area (Å²) in [6, 6.07) is 8.90. The molecule has 0 aliphatic carbocycles. The third-order valence-corrected chi connectivity index (χ3v) is 7.50. The molecule has 2 aromatic rings. The molecular weight excluding hydrogens is 417 g/mol. The van der Waals surface area contributed by atoms with Crippen LogP contribution >= 0.6 is 0 Å². The van der Waals surface area contributed by atoms with E-state index in [2.05, 4.69) is 19.7 Å². The molecule has 0 spiro atoms. The summed E-state index contributed by atoms with van der Waals surface area (Å²) in [5, 5.41) is 0. The van der Waals surface area contributed by atoms with Gasteiger partial charge in [-0.25, -0.2) is 14.4 Å². The number of halogens is 1. The van der Waals surface area contributed by atoms with E-state index >= 15 is 0 Å². The summed E-state index contributed by atoms with van der Waals surface area (Å²) in [5.41, 5.74) is 0.665. The highest BCUT2D eigenvalue weighted by Crippen LogP contribution is 2.27. The Morgan fingerprint density at radius 3 is 2.55 bits per heavy atom. The van der Waals surface area contributed by atoms with Gasteiger partial charge in [0.2, 0.25) is 5.91 Å². The smallest absolute Gasteiger partial charge is 0.227 e. The molecule has 0 radical (unpaired) electrons. The number of carbonyl (C=O) groups is 1. The van der Waals surface area contributed by atoms with E-state index in [1.807, 2.05) is 12.1 Å². The van der Waals surface area contributed by atoms with Crippen LogP contribution in [-0.4, -0.2) is 71.0 Å². The van der Waals surface area contributed by atoms with Crippen molar-refractivity contribution in [2.75, 3.05) is 44.2 Å². The number of hydrogen-bond donors (Lipinski definition) is 0. The van der Waals surface area contributed by atoms with Gasteiger partial charge in [-0.3, -0.25) is 4.79 Å². The number of benzene rings is 1. The lowest BCUT2D eigenvalue weighted by Gasteiger charge is -2.42. The van der Waals surface area contributed by atoms with Crippen molar-refractivity contribution in [1.82, 2.24) is 19.8 Å². The van der Waals surface area contributed by atoms with E-state index in [1.54, 1.807) is 12.3 Å². The molecule has 1 unspecified atom stereocenters. The summed E-state index contributed by atoms with van der Waals surface area (Å²) >= 11 is 0. The van der Waals surface area contributed by atoms with Gasteiger partial charge in [-0.2, -0.15) is 0 Å². The fourth-order valence-corrected chi connectivity index (χ4v) is 5.67. The van der Waals surface area contributed by atoms with Gasteiger partial charge < -0.3 is 14.7 Å². The van der Waals surface area contributed by atoms with Gasteiger partial charge in [0.15, 0.2) is 5.82 Å². The number of carbonyl (C=O) groups excluding carboxylic acids is 1. The topological polar surface area (TPSA) is 52.6 Å². The van der Waals surface area contributed by atoms with Crippen LogP contribution in [0.2, 0.25) is 0 Å². The lowest BCUT2D eigenvalue weighted by molar-refractivity contribution is -0.137. The molecule has 1 amide bonds. The molecule has 3 aliphatic heterocycles. The number of nitrogens with zero attached hydrogens (tertiary/aromatic N) is 5. The number of aromatic nitrogens is 2. The molecule has 0 bridgehead atoms. The van der Waals surface area contributed by atoms with Crippen LogP contribution in [0.4, 0.5) is 10.2 Å². The summed E-state index contributed by atoms with van der Waals surface area (Å²) in [4.78, 5) is 29.3. The minimum atomic E-state index is -0.297. The Bertz CT molecular complexity index is 955. The number of likely N-dealkylation sites (tertiary alicyclic amines) is 2. The molecule has 7 heteroatoms. The van der Waals surface area contributed by atoms with Crippen LogP contribution in [0, 0.1) is 11.7 Å². The largest absolute Gasteiger partial charge is 0.356 e. The van der Waals surface area contributed by atoms with Crippen LogP contribution in [0.3, 0.4) is 0 Å². The molecule has 176 valence electrons. The maximum atomic E-state index is 13.6. The van der Waals surface area contributed by atoms with Crippen molar-refractivity contribution in [1.29, 1.82) is 0 Å². The van der Waals surface area contributed by atoms with Crippen LogP contribution in [0.5, 0.6) is 0 Å². The minimum absolute atomic E-state index is 0.0119. The molecule has 3 saturated heterocycles. The van der Waals surface area contributed by atoms with Gasteiger partial charge in [0.1, 0.15) is 11.6 Å². The first-order valence-electron chi connectivity index (χ1n) is 12.5. The van der Waals surface area contributed by atoms with Gasteiger partial charge in [-0.15, -0.1) is 0 Å². The van der Waals surface area contributed by atoms with E-state index in [-0.39, 0.29) is 11.7 Å². The SMILES string of the molecule is O=C(C1CCCN(c2ccnc(-c3cccc(F)c3)n2)C1)N1CCC(N2CCCCC2)CC1. The Labute approximate surface area is 195 Å². The predicted molar refractivity (Wildman–Crippen MR) is 127 cm³/mol. The Hall–Kier alpha value is -2.54. The summed E-state index contributed by atoms with van der Waals surface area (Å²) in [6.45, 7) is 5.78. The molecular formula is C26H34FN5O. The van der Waals surface area contributed by atoms with Crippen LogP contribution in [0.1, 0.15) is 44.9 Å². The van der Waals surface area contributed by atoms with Crippen molar-refractivity contribution in [2.24, 2.45) is 5.92 Å². The van der Waals surface area contributed by atoms with E-state index in [0.29, 0.717) is 29.9 Å². The van der Waals surface area contributed by atoms with E-state index in [0.717, 1.165) is 51.1 Å². The van der Waals surface area contributed by atoms with E-state index in [4.69, 9.17) is 4.98 Å². The summed E-state index contributed by atoms with van der Waals surface area (Å²) < 4.78 is 13.6. The zero-order valence-electron chi connectivity index (χ0n) is 19.3. The van der Waals surface area contributed by atoms with Crippen molar-refractivity contribution in [3.63, 3.8) is 0 Å². The second-order valence-electron chi connectivity index (χ2n) is 9.69. The van der Waals surface area contributed by atoms with Crippen LogP contribution < -0.4 is 4.90 Å². The summed E-state index contributed by atoms with van der Waals surface area (Å²) in [6.07, 6.45) is 9.84. The number of amides is 1. The van der Waals surface area contributed by atoms with E-state index in [1.165, 1.54) is 44.5 Å². The number of anilines is 1. The summed E-state index contributed by atoms with van der Waals surface area (Å²) in [5.74, 6) is 1.34. The van der Waals surface area contributed by atoms with Gasteiger partial charge in [-0.1, -0.05) is 18.6 Å². The van der Waals surface area contributed by atoms with Gasteiger partial charge in [-0.05, 0) is 69.8 Å². The lowest BCUT2D eigenvalue weighted by Crippen LogP contribution is -2.51. The zero-order chi connectivity index (χ0) is 22.6. The maximum Gasteiger partial charge on any atom is 0.227 e. The quantitative estimate of drug-likeness (QED) is 0.704. The number of piperidine rings is 3. The fourth-order valence-electron chi connectivity index (χ4n) is 5.67. The molecule has 5 rings (SSSR count). The second-order valence-corrected chi connectivity index (χ2v) is 9.69. The highest BCUT2D eigenvalue weighted by atomic mass is 19.1. The highest BCUT2D eigenvalue weighted by Gasteiger charge is 2.33. The minimum Gasteiger partial charge on any atom is -0.356 e. The Morgan fingerprint density at radius 2 is 1.76 bits per heavy atom. The van der Waals surface area contributed by atoms with Gasteiger partial charge in [0.05, 0.1) is 5.92 Å². The highest BCUT2D eigenvalue weighted by molar-refractivity contribution is 5.80. The third kappa shape index (κ3) is 5.18. The second kappa shape index (κ2) is 10.2. The molecule has 33 heavy (non-hydrogen) atoms. The third-order valence-electron chi connectivity index (χ3n) is 7.50. The average Bonchev–Trinajstić information content (AvgIpc) is 2.89. The van der Waals surface area contributed by atoms with Crippen molar-refractivity contribution in [3.8, 4) is 11.4 Å². The van der Waals surface area contributed by atoms with Crippen LogP contribution in [0.15, 0.2) is 36.5 Å². The lowest BCUT2D eigenvalue weighted by atomic mass is 9.94. The van der Waals surface area contributed by atoms with Crippen molar-refractivity contribution in [2.45, 2.75) is 51.0 Å². The average molecular weight is 452 g/mol. The molecule has 1 aromatic heterocycles. The molecule has 0 saturated carbocycles. The number of rotatable bonds is 4. The first kappa shape index (κ1) is 22.3.